The van der Waals surface area contributed by atoms with Crippen LogP contribution in [0.25, 0.3) is 0 Å². The predicted octanol–water partition coefficient (Wildman–Crippen LogP) is 4.25. The van der Waals surface area contributed by atoms with E-state index < -0.39 is 0 Å². The van der Waals surface area contributed by atoms with Crippen molar-refractivity contribution in [2.45, 2.75) is 6.92 Å². The van der Waals surface area contributed by atoms with Crippen molar-refractivity contribution in [2.75, 3.05) is 11.1 Å². The average Bonchev–Trinajstić information content (AvgIpc) is 2.36. The molecule has 98 valence electrons. The zero-order valence-corrected chi connectivity index (χ0v) is 12.5. The Morgan fingerprint density at radius 3 is 2.53 bits per heavy atom. The molecule has 0 aliphatic heterocycles. The second-order valence-corrected chi connectivity index (χ2v) is 5.44. The molecule has 0 bridgehead atoms. The fourth-order valence-corrected chi connectivity index (χ4v) is 2.26. The number of nitrogen functional groups attached to an aromatic ring is 1. The minimum Gasteiger partial charge on any atom is -0.398 e. The highest BCUT2D eigenvalue weighted by molar-refractivity contribution is 9.10. The maximum absolute atomic E-state index is 12.1. The van der Waals surface area contributed by atoms with Crippen LogP contribution in [0.3, 0.4) is 0 Å². The van der Waals surface area contributed by atoms with Gasteiger partial charge in [0, 0.05) is 20.7 Å². The maximum Gasteiger partial charge on any atom is 0.255 e. The second kappa shape index (κ2) is 5.63. The smallest absolute Gasteiger partial charge is 0.255 e. The standard InChI is InChI=1S/C14H12BrClN2O/c1-8-6-11(15)13(7-12(8)17)18-14(19)9-2-4-10(16)5-3-9/h2-7H,17H2,1H3,(H,18,19). The molecule has 5 heteroatoms. The summed E-state index contributed by atoms with van der Waals surface area (Å²) in [7, 11) is 0. The number of rotatable bonds is 2. The lowest BCUT2D eigenvalue weighted by Gasteiger charge is -2.10. The molecule has 0 saturated heterocycles. The van der Waals surface area contributed by atoms with Crippen molar-refractivity contribution in [3.8, 4) is 0 Å². The molecule has 0 heterocycles. The third-order valence-corrected chi connectivity index (χ3v) is 3.62. The summed E-state index contributed by atoms with van der Waals surface area (Å²) in [4.78, 5) is 12.1. The Balaban J connectivity index is 2.24. The Morgan fingerprint density at radius 2 is 1.89 bits per heavy atom. The first-order chi connectivity index (χ1) is 8.97. The SMILES string of the molecule is Cc1cc(Br)c(NC(=O)c2ccc(Cl)cc2)cc1N. The van der Waals surface area contributed by atoms with Crippen molar-refractivity contribution < 1.29 is 4.79 Å². The molecule has 2 rings (SSSR count). The molecule has 2 aromatic carbocycles. The van der Waals surface area contributed by atoms with Gasteiger partial charge in [0.2, 0.25) is 0 Å². The number of nitrogens with two attached hydrogens (primary N) is 1. The van der Waals surface area contributed by atoms with E-state index in [1.54, 1.807) is 30.3 Å². The third-order valence-electron chi connectivity index (χ3n) is 2.71. The van der Waals surface area contributed by atoms with Gasteiger partial charge in [0.15, 0.2) is 0 Å². The Morgan fingerprint density at radius 1 is 1.26 bits per heavy atom. The molecule has 0 unspecified atom stereocenters. The molecular weight excluding hydrogens is 328 g/mol. The van der Waals surface area contributed by atoms with E-state index in [-0.39, 0.29) is 5.91 Å². The van der Waals surface area contributed by atoms with E-state index in [9.17, 15) is 4.79 Å². The third kappa shape index (κ3) is 3.28. The second-order valence-electron chi connectivity index (χ2n) is 4.15. The first-order valence-corrected chi connectivity index (χ1v) is 6.77. The maximum atomic E-state index is 12.1. The summed E-state index contributed by atoms with van der Waals surface area (Å²) in [6.07, 6.45) is 0. The van der Waals surface area contributed by atoms with Crippen LogP contribution in [0.1, 0.15) is 15.9 Å². The Kier molecular flexibility index (Phi) is 4.12. The molecule has 0 aliphatic carbocycles. The summed E-state index contributed by atoms with van der Waals surface area (Å²) in [5.74, 6) is -0.208. The van der Waals surface area contributed by atoms with Gasteiger partial charge in [-0.2, -0.15) is 0 Å². The molecule has 0 aromatic heterocycles. The van der Waals surface area contributed by atoms with Crippen LogP contribution in [0.4, 0.5) is 11.4 Å². The summed E-state index contributed by atoms with van der Waals surface area (Å²) in [5.41, 5.74) is 8.60. The lowest BCUT2D eigenvalue weighted by molar-refractivity contribution is 0.102. The average molecular weight is 340 g/mol. The van der Waals surface area contributed by atoms with Gasteiger partial charge in [-0.15, -0.1) is 0 Å². The van der Waals surface area contributed by atoms with Crippen LogP contribution in [0.15, 0.2) is 40.9 Å². The van der Waals surface area contributed by atoms with Gasteiger partial charge >= 0.3 is 0 Å². The molecule has 0 fully saturated rings. The van der Waals surface area contributed by atoms with Crippen LogP contribution in [0, 0.1) is 6.92 Å². The van der Waals surface area contributed by atoms with Crippen molar-refractivity contribution in [2.24, 2.45) is 0 Å². The van der Waals surface area contributed by atoms with E-state index in [4.69, 9.17) is 17.3 Å². The van der Waals surface area contributed by atoms with Gasteiger partial charge < -0.3 is 11.1 Å². The number of halogens is 2. The molecule has 0 radical (unpaired) electrons. The van der Waals surface area contributed by atoms with Gasteiger partial charge in [-0.05, 0) is 64.8 Å². The summed E-state index contributed by atoms with van der Waals surface area (Å²) < 4.78 is 0.793. The number of benzene rings is 2. The summed E-state index contributed by atoms with van der Waals surface area (Å²) in [6.45, 7) is 1.91. The highest BCUT2D eigenvalue weighted by Gasteiger charge is 2.09. The van der Waals surface area contributed by atoms with Crippen molar-refractivity contribution in [3.05, 3.63) is 57.0 Å². The van der Waals surface area contributed by atoms with Crippen molar-refractivity contribution in [1.29, 1.82) is 0 Å². The zero-order valence-electron chi connectivity index (χ0n) is 10.2. The topological polar surface area (TPSA) is 55.1 Å². The first-order valence-electron chi connectivity index (χ1n) is 5.60. The molecule has 19 heavy (non-hydrogen) atoms. The molecular formula is C14H12BrClN2O. The molecule has 3 nitrogen and oxygen atoms in total. The fraction of sp³-hybridized carbons (Fsp3) is 0.0714. The normalized spacial score (nSPS) is 10.3. The zero-order chi connectivity index (χ0) is 14.0. The molecule has 0 aliphatic rings. The molecule has 0 saturated carbocycles. The van der Waals surface area contributed by atoms with Crippen molar-refractivity contribution in [1.82, 2.24) is 0 Å². The van der Waals surface area contributed by atoms with Crippen LogP contribution >= 0.6 is 27.5 Å². The minimum atomic E-state index is -0.208. The minimum absolute atomic E-state index is 0.208. The number of carbonyl (C=O) groups excluding carboxylic acids is 1. The summed E-state index contributed by atoms with van der Waals surface area (Å²) in [5, 5.41) is 3.40. The highest BCUT2D eigenvalue weighted by Crippen LogP contribution is 2.28. The van der Waals surface area contributed by atoms with Crippen LogP contribution in [-0.2, 0) is 0 Å². The quantitative estimate of drug-likeness (QED) is 0.804. The van der Waals surface area contributed by atoms with Crippen LogP contribution < -0.4 is 11.1 Å². The van der Waals surface area contributed by atoms with Gasteiger partial charge in [-0.3, -0.25) is 4.79 Å². The number of carbonyl (C=O) groups is 1. The molecule has 1 amide bonds. The number of hydrogen-bond acceptors (Lipinski definition) is 2. The Hall–Kier alpha value is -1.52. The van der Waals surface area contributed by atoms with Crippen molar-refractivity contribution in [3.63, 3.8) is 0 Å². The number of amides is 1. The van der Waals surface area contributed by atoms with Crippen LogP contribution in [0.5, 0.6) is 0 Å². The van der Waals surface area contributed by atoms with E-state index in [1.165, 1.54) is 0 Å². The lowest BCUT2D eigenvalue weighted by atomic mass is 10.1. The molecule has 2 aromatic rings. The van der Waals surface area contributed by atoms with E-state index in [1.807, 2.05) is 13.0 Å². The highest BCUT2D eigenvalue weighted by atomic mass is 79.9. The monoisotopic (exact) mass is 338 g/mol. The Bertz CT molecular complexity index is 626. The predicted molar refractivity (Wildman–Crippen MR) is 82.7 cm³/mol. The van der Waals surface area contributed by atoms with Gasteiger partial charge in [0.25, 0.3) is 5.91 Å². The Labute approximate surface area is 124 Å². The molecule has 0 atom stereocenters. The van der Waals surface area contributed by atoms with Crippen LogP contribution in [-0.4, -0.2) is 5.91 Å². The van der Waals surface area contributed by atoms with Gasteiger partial charge in [-0.25, -0.2) is 0 Å². The number of aryl methyl sites for hydroxylation is 1. The summed E-state index contributed by atoms with van der Waals surface area (Å²) >= 11 is 9.19. The first kappa shape index (κ1) is 13.9. The van der Waals surface area contributed by atoms with E-state index in [2.05, 4.69) is 21.2 Å². The van der Waals surface area contributed by atoms with E-state index in [0.29, 0.717) is 22.0 Å². The van der Waals surface area contributed by atoms with E-state index in [0.717, 1.165) is 10.0 Å². The number of hydrogen-bond donors (Lipinski definition) is 2. The van der Waals surface area contributed by atoms with E-state index >= 15 is 0 Å². The van der Waals surface area contributed by atoms with Crippen LogP contribution in [0.2, 0.25) is 5.02 Å². The van der Waals surface area contributed by atoms with Gasteiger partial charge in [-0.1, -0.05) is 11.6 Å². The van der Waals surface area contributed by atoms with Crippen molar-refractivity contribution >= 4 is 44.8 Å². The lowest BCUT2D eigenvalue weighted by Crippen LogP contribution is -2.12. The largest absolute Gasteiger partial charge is 0.398 e. The summed E-state index contributed by atoms with van der Waals surface area (Å²) in [6, 6.07) is 10.3. The number of anilines is 2. The number of nitrogens with one attached hydrogen (secondary N) is 1. The molecule has 3 N–H and O–H groups in total. The fourth-order valence-electron chi connectivity index (χ4n) is 1.58. The molecule has 0 spiro atoms. The van der Waals surface area contributed by atoms with Gasteiger partial charge in [0.05, 0.1) is 5.69 Å². The van der Waals surface area contributed by atoms with Gasteiger partial charge in [0.1, 0.15) is 0 Å².